The maximum Gasteiger partial charge on any atom is 0.416 e. The van der Waals surface area contributed by atoms with E-state index >= 15 is 0 Å². The van der Waals surface area contributed by atoms with E-state index in [0.29, 0.717) is 28.0 Å². The van der Waals surface area contributed by atoms with Crippen molar-refractivity contribution in [1.82, 2.24) is 9.88 Å². The smallest absolute Gasteiger partial charge is 0.317 e. The van der Waals surface area contributed by atoms with E-state index in [-0.39, 0.29) is 6.04 Å². The molecule has 0 spiro atoms. The fourth-order valence-electron chi connectivity index (χ4n) is 2.61. The van der Waals surface area contributed by atoms with Gasteiger partial charge in [0.15, 0.2) is 4.80 Å². The standard InChI is InChI=1S/C12H12F3N3S/c1-17-8-2-3-18-10-7(8)4-6(12(13,14)15)5-9(10)19-11(18)16/h4-5,8,16-17H,2-3H2,1H3/t8-/m1/s1. The Hall–Kier alpha value is -1.34. The Balaban J connectivity index is 2.37. The molecule has 1 atom stereocenters. The molecule has 0 bridgehead atoms. The van der Waals surface area contributed by atoms with Gasteiger partial charge in [-0.2, -0.15) is 13.2 Å². The Kier molecular flexibility index (Phi) is 2.72. The van der Waals surface area contributed by atoms with Crippen molar-refractivity contribution in [2.75, 3.05) is 7.05 Å². The summed E-state index contributed by atoms with van der Waals surface area (Å²) in [5, 5.41) is 10.9. The number of nitrogens with zero attached hydrogens (tertiary/aromatic N) is 1. The Labute approximate surface area is 111 Å². The second-order valence-corrected chi connectivity index (χ2v) is 5.63. The van der Waals surface area contributed by atoms with Gasteiger partial charge >= 0.3 is 6.18 Å². The first-order valence-electron chi connectivity index (χ1n) is 5.88. The number of nitrogens with one attached hydrogen (secondary N) is 2. The highest BCUT2D eigenvalue weighted by atomic mass is 32.1. The second kappa shape index (κ2) is 4.08. The highest BCUT2D eigenvalue weighted by Gasteiger charge is 2.33. The van der Waals surface area contributed by atoms with Gasteiger partial charge < -0.3 is 9.88 Å². The molecule has 0 saturated carbocycles. The molecule has 0 aliphatic carbocycles. The Morgan fingerprint density at radius 3 is 2.79 bits per heavy atom. The van der Waals surface area contributed by atoms with E-state index in [2.05, 4.69) is 5.32 Å². The molecule has 1 aromatic carbocycles. The Bertz CT molecular complexity index is 699. The van der Waals surface area contributed by atoms with Gasteiger partial charge in [-0.15, -0.1) is 0 Å². The molecule has 3 rings (SSSR count). The van der Waals surface area contributed by atoms with E-state index in [0.717, 1.165) is 22.9 Å². The van der Waals surface area contributed by atoms with Gasteiger partial charge in [0.25, 0.3) is 0 Å². The zero-order chi connectivity index (χ0) is 13.8. The quantitative estimate of drug-likeness (QED) is 0.832. The third-order valence-electron chi connectivity index (χ3n) is 3.52. The third-order valence-corrected chi connectivity index (χ3v) is 4.46. The Morgan fingerprint density at radius 1 is 1.42 bits per heavy atom. The summed E-state index contributed by atoms with van der Waals surface area (Å²) in [5.41, 5.74) is 0.785. The van der Waals surface area contributed by atoms with Crippen LogP contribution < -0.4 is 10.1 Å². The van der Waals surface area contributed by atoms with Crippen molar-refractivity contribution in [3.63, 3.8) is 0 Å². The van der Waals surface area contributed by atoms with E-state index in [9.17, 15) is 13.2 Å². The van der Waals surface area contributed by atoms with Gasteiger partial charge in [-0.25, -0.2) is 0 Å². The van der Waals surface area contributed by atoms with Crippen LogP contribution in [0.25, 0.3) is 10.2 Å². The molecule has 0 fully saturated rings. The van der Waals surface area contributed by atoms with Crippen LogP contribution in [-0.4, -0.2) is 11.6 Å². The average Bonchev–Trinajstić information content (AvgIpc) is 2.66. The molecule has 19 heavy (non-hydrogen) atoms. The monoisotopic (exact) mass is 287 g/mol. The largest absolute Gasteiger partial charge is 0.416 e. The van der Waals surface area contributed by atoms with E-state index < -0.39 is 11.7 Å². The van der Waals surface area contributed by atoms with Gasteiger partial charge in [0.1, 0.15) is 0 Å². The fraction of sp³-hybridized carbons (Fsp3) is 0.417. The first kappa shape index (κ1) is 12.7. The number of rotatable bonds is 1. The molecule has 1 aliphatic rings. The van der Waals surface area contributed by atoms with Crippen molar-refractivity contribution >= 4 is 21.6 Å². The van der Waals surface area contributed by atoms with Gasteiger partial charge in [-0.1, -0.05) is 11.3 Å². The molecule has 2 N–H and O–H groups in total. The molecule has 0 radical (unpaired) electrons. The van der Waals surface area contributed by atoms with Crippen LogP contribution >= 0.6 is 11.3 Å². The van der Waals surface area contributed by atoms with Crippen LogP contribution in [0.15, 0.2) is 12.1 Å². The molecule has 0 unspecified atom stereocenters. The molecular weight excluding hydrogens is 275 g/mol. The van der Waals surface area contributed by atoms with E-state index in [1.54, 1.807) is 11.6 Å². The van der Waals surface area contributed by atoms with E-state index in [4.69, 9.17) is 5.41 Å². The molecule has 102 valence electrons. The van der Waals surface area contributed by atoms with E-state index in [1.165, 1.54) is 6.07 Å². The number of hydrogen-bond acceptors (Lipinski definition) is 3. The maximum absolute atomic E-state index is 12.9. The van der Waals surface area contributed by atoms with Gasteiger partial charge in [-0.05, 0) is 31.2 Å². The topological polar surface area (TPSA) is 40.8 Å². The minimum atomic E-state index is -4.35. The third kappa shape index (κ3) is 1.88. The molecule has 2 aromatic rings. The predicted octanol–water partition coefficient (Wildman–Crippen LogP) is 2.87. The van der Waals surface area contributed by atoms with Gasteiger partial charge in [0.2, 0.25) is 0 Å². The molecule has 1 aliphatic heterocycles. The molecule has 1 aromatic heterocycles. The van der Waals surface area contributed by atoms with Crippen LogP contribution in [0.2, 0.25) is 0 Å². The highest BCUT2D eigenvalue weighted by molar-refractivity contribution is 7.16. The molecule has 7 heteroatoms. The van der Waals surface area contributed by atoms with Crippen LogP contribution in [-0.2, 0) is 12.7 Å². The van der Waals surface area contributed by atoms with Crippen molar-refractivity contribution in [3.8, 4) is 0 Å². The van der Waals surface area contributed by atoms with Crippen molar-refractivity contribution in [1.29, 1.82) is 5.41 Å². The molecule has 0 saturated heterocycles. The van der Waals surface area contributed by atoms with Crippen LogP contribution in [0, 0.1) is 5.41 Å². The lowest BCUT2D eigenvalue weighted by Crippen LogP contribution is -2.27. The van der Waals surface area contributed by atoms with Crippen LogP contribution in [0.3, 0.4) is 0 Å². The highest BCUT2D eigenvalue weighted by Crippen LogP contribution is 2.38. The van der Waals surface area contributed by atoms with Crippen molar-refractivity contribution < 1.29 is 13.2 Å². The molecule has 2 heterocycles. The molecule has 0 amide bonds. The van der Waals surface area contributed by atoms with Crippen LogP contribution in [0.4, 0.5) is 13.2 Å². The van der Waals surface area contributed by atoms with Crippen LogP contribution in [0.1, 0.15) is 23.6 Å². The lowest BCUT2D eigenvalue weighted by atomic mass is 9.97. The summed E-state index contributed by atoms with van der Waals surface area (Å²) in [4.78, 5) is 0.310. The minimum absolute atomic E-state index is 0.0844. The summed E-state index contributed by atoms with van der Waals surface area (Å²) in [6.45, 7) is 0.669. The van der Waals surface area contributed by atoms with Crippen molar-refractivity contribution in [3.05, 3.63) is 28.1 Å². The lowest BCUT2D eigenvalue weighted by molar-refractivity contribution is -0.137. The second-order valence-electron chi connectivity index (χ2n) is 4.60. The zero-order valence-electron chi connectivity index (χ0n) is 10.1. The minimum Gasteiger partial charge on any atom is -0.317 e. The number of aryl methyl sites for hydroxylation is 1. The number of halogens is 3. The predicted molar refractivity (Wildman–Crippen MR) is 67.1 cm³/mol. The number of aromatic nitrogens is 1. The molecular formula is C12H12F3N3S. The summed E-state index contributed by atoms with van der Waals surface area (Å²) in [7, 11) is 1.75. The number of thiazole rings is 1. The summed E-state index contributed by atoms with van der Waals surface area (Å²) in [5.74, 6) is 0. The average molecular weight is 287 g/mol. The van der Waals surface area contributed by atoms with Gasteiger partial charge in [-0.3, -0.25) is 5.41 Å². The summed E-state index contributed by atoms with van der Waals surface area (Å²) in [6, 6.07) is 2.28. The fourth-order valence-corrected chi connectivity index (χ4v) is 3.62. The summed E-state index contributed by atoms with van der Waals surface area (Å²) < 4.78 is 41.1. The first-order chi connectivity index (χ1) is 8.91. The van der Waals surface area contributed by atoms with Crippen molar-refractivity contribution in [2.24, 2.45) is 0 Å². The van der Waals surface area contributed by atoms with Gasteiger partial charge in [0, 0.05) is 12.6 Å². The summed E-state index contributed by atoms with van der Waals surface area (Å²) in [6.07, 6.45) is -3.65. The van der Waals surface area contributed by atoms with Crippen molar-refractivity contribution in [2.45, 2.75) is 25.2 Å². The first-order valence-corrected chi connectivity index (χ1v) is 6.70. The molecule has 3 nitrogen and oxygen atoms in total. The van der Waals surface area contributed by atoms with E-state index in [1.807, 2.05) is 0 Å². The lowest BCUT2D eigenvalue weighted by Gasteiger charge is -2.25. The number of alkyl halides is 3. The maximum atomic E-state index is 12.9. The SMILES string of the molecule is CN[C@@H]1CCn2c(=N)sc3cc(C(F)(F)F)cc1c32. The van der Waals surface area contributed by atoms with Gasteiger partial charge in [0.05, 0.1) is 15.8 Å². The van der Waals surface area contributed by atoms with Crippen LogP contribution in [0.5, 0.6) is 0 Å². The number of hydrogen-bond donors (Lipinski definition) is 2. The number of benzene rings is 1. The Morgan fingerprint density at radius 2 is 2.16 bits per heavy atom. The zero-order valence-corrected chi connectivity index (χ0v) is 11.0. The normalized spacial score (nSPS) is 19.1. The summed E-state index contributed by atoms with van der Waals surface area (Å²) >= 11 is 1.10.